The van der Waals surface area contributed by atoms with Crippen LogP contribution in [-0.4, -0.2) is 61.3 Å². The summed E-state index contributed by atoms with van der Waals surface area (Å²) in [5, 5.41) is 21.1. The van der Waals surface area contributed by atoms with E-state index in [1.54, 1.807) is 44.6 Å². The molecule has 0 aromatic heterocycles. The highest BCUT2D eigenvalue weighted by atomic mass is 16.5. The fourth-order valence-electron chi connectivity index (χ4n) is 3.88. The third-order valence-electron chi connectivity index (χ3n) is 5.48. The average molecular weight is 441 g/mol. The molecule has 8 nitrogen and oxygen atoms in total. The lowest BCUT2D eigenvalue weighted by molar-refractivity contribution is -0.140. The van der Waals surface area contributed by atoms with Gasteiger partial charge in [0.2, 0.25) is 0 Å². The number of ketones is 1. The molecule has 1 heterocycles. The number of phenolic OH excluding ortho intramolecular Hbond substituents is 1. The van der Waals surface area contributed by atoms with Crippen molar-refractivity contribution in [2.75, 3.05) is 34.5 Å². The van der Waals surface area contributed by atoms with Gasteiger partial charge in [0.1, 0.15) is 11.5 Å². The number of nitrogens with zero attached hydrogens (tertiary/aromatic N) is 1. The molecule has 1 atom stereocenters. The summed E-state index contributed by atoms with van der Waals surface area (Å²) in [6, 6.07) is 8.77. The molecule has 8 heteroatoms. The maximum atomic E-state index is 13.0. The monoisotopic (exact) mass is 441 g/mol. The molecule has 0 aliphatic carbocycles. The van der Waals surface area contributed by atoms with E-state index in [0.29, 0.717) is 29.9 Å². The van der Waals surface area contributed by atoms with Gasteiger partial charge >= 0.3 is 0 Å². The van der Waals surface area contributed by atoms with Crippen LogP contribution in [0.3, 0.4) is 0 Å². The van der Waals surface area contributed by atoms with Crippen molar-refractivity contribution in [3.8, 4) is 17.2 Å². The number of hydrogen-bond donors (Lipinski definition) is 2. The Morgan fingerprint density at radius 1 is 1.03 bits per heavy atom. The van der Waals surface area contributed by atoms with Crippen LogP contribution < -0.4 is 9.47 Å². The number of amides is 1. The number of ether oxygens (including phenoxy) is 3. The van der Waals surface area contributed by atoms with Crippen LogP contribution in [0, 0.1) is 6.92 Å². The summed E-state index contributed by atoms with van der Waals surface area (Å²) in [6.07, 6.45) is 0.511. The maximum Gasteiger partial charge on any atom is 0.295 e. The topological polar surface area (TPSA) is 106 Å². The van der Waals surface area contributed by atoms with Crippen LogP contribution in [0.2, 0.25) is 0 Å². The van der Waals surface area contributed by atoms with Crippen molar-refractivity contribution in [1.29, 1.82) is 0 Å². The minimum Gasteiger partial charge on any atom is -0.507 e. The summed E-state index contributed by atoms with van der Waals surface area (Å²) in [4.78, 5) is 27.4. The second-order valence-corrected chi connectivity index (χ2v) is 7.45. The predicted octanol–water partition coefficient (Wildman–Crippen LogP) is 3.18. The molecule has 2 N–H and O–H groups in total. The molecule has 1 saturated heterocycles. The fraction of sp³-hybridized carbons (Fsp3) is 0.333. The molecule has 1 fully saturated rings. The zero-order valence-corrected chi connectivity index (χ0v) is 18.5. The molecular formula is C24H27NO7. The van der Waals surface area contributed by atoms with Crippen LogP contribution in [0.15, 0.2) is 42.0 Å². The normalized spacial score (nSPS) is 17.6. The summed E-state index contributed by atoms with van der Waals surface area (Å²) >= 11 is 0. The van der Waals surface area contributed by atoms with Crippen molar-refractivity contribution < 1.29 is 34.0 Å². The molecule has 1 aliphatic heterocycles. The van der Waals surface area contributed by atoms with E-state index in [0.717, 1.165) is 5.56 Å². The molecule has 2 aromatic carbocycles. The number of likely N-dealkylation sites (tertiary alicyclic amines) is 1. The second kappa shape index (κ2) is 9.74. The van der Waals surface area contributed by atoms with Gasteiger partial charge in [-0.3, -0.25) is 9.59 Å². The molecule has 170 valence electrons. The van der Waals surface area contributed by atoms with Gasteiger partial charge < -0.3 is 29.3 Å². The van der Waals surface area contributed by atoms with Crippen LogP contribution in [0.1, 0.15) is 29.2 Å². The Kier molecular flexibility index (Phi) is 7.05. The Morgan fingerprint density at radius 2 is 1.75 bits per heavy atom. The van der Waals surface area contributed by atoms with Crippen molar-refractivity contribution >= 4 is 17.4 Å². The Labute approximate surface area is 186 Å². The first-order chi connectivity index (χ1) is 15.3. The number of aromatic hydroxyl groups is 1. The van der Waals surface area contributed by atoms with Crippen molar-refractivity contribution in [3.05, 3.63) is 58.7 Å². The summed E-state index contributed by atoms with van der Waals surface area (Å²) in [5.74, 6) is -0.985. The van der Waals surface area contributed by atoms with Crippen molar-refractivity contribution in [2.24, 2.45) is 0 Å². The molecule has 0 spiro atoms. The number of hydrogen-bond acceptors (Lipinski definition) is 7. The smallest absolute Gasteiger partial charge is 0.295 e. The van der Waals surface area contributed by atoms with E-state index < -0.39 is 17.7 Å². The molecular weight excluding hydrogens is 414 g/mol. The van der Waals surface area contributed by atoms with Crippen molar-refractivity contribution in [1.82, 2.24) is 4.90 Å². The number of aliphatic hydroxyl groups is 1. The molecule has 1 aliphatic rings. The number of Topliss-reactive ketones (excluding diaryl/α,β-unsaturated/α-hetero) is 1. The standard InChI is InChI=1S/C24H27NO7/c1-14-12-16(7-9-18(14)31-3)22(27)20-21(15-6-8-17(26)19(13-15)32-4)25(10-5-11-30-2)24(29)23(20)28/h6-9,12-13,21,26-27H,5,10-11H2,1-4H3/b22-20+. The maximum absolute atomic E-state index is 13.0. The summed E-state index contributed by atoms with van der Waals surface area (Å²) in [6.45, 7) is 2.48. The van der Waals surface area contributed by atoms with E-state index in [1.807, 2.05) is 6.92 Å². The molecule has 0 radical (unpaired) electrons. The van der Waals surface area contributed by atoms with E-state index in [1.165, 1.54) is 18.1 Å². The van der Waals surface area contributed by atoms with Gasteiger partial charge in [0.15, 0.2) is 11.5 Å². The molecule has 2 aromatic rings. The Bertz CT molecular complexity index is 1060. The highest BCUT2D eigenvalue weighted by molar-refractivity contribution is 6.46. The Balaban J connectivity index is 2.17. The highest BCUT2D eigenvalue weighted by Gasteiger charge is 2.46. The molecule has 0 bridgehead atoms. The van der Waals surface area contributed by atoms with Crippen LogP contribution in [0.5, 0.6) is 17.2 Å². The second-order valence-electron chi connectivity index (χ2n) is 7.45. The first kappa shape index (κ1) is 23.1. The lowest BCUT2D eigenvalue weighted by Crippen LogP contribution is -2.31. The third-order valence-corrected chi connectivity index (χ3v) is 5.48. The molecule has 0 saturated carbocycles. The van der Waals surface area contributed by atoms with Crippen LogP contribution in [-0.2, 0) is 14.3 Å². The van der Waals surface area contributed by atoms with E-state index in [9.17, 15) is 19.8 Å². The van der Waals surface area contributed by atoms with E-state index in [4.69, 9.17) is 14.2 Å². The molecule has 1 unspecified atom stereocenters. The molecule has 3 rings (SSSR count). The average Bonchev–Trinajstić information content (AvgIpc) is 3.04. The zero-order valence-electron chi connectivity index (χ0n) is 18.5. The number of carbonyl (C=O) groups is 2. The van der Waals surface area contributed by atoms with E-state index in [2.05, 4.69) is 0 Å². The largest absolute Gasteiger partial charge is 0.507 e. The van der Waals surface area contributed by atoms with Gasteiger partial charge in [-0.2, -0.15) is 0 Å². The van der Waals surface area contributed by atoms with Gasteiger partial charge in [0.25, 0.3) is 11.7 Å². The van der Waals surface area contributed by atoms with Gasteiger partial charge in [-0.15, -0.1) is 0 Å². The first-order valence-corrected chi connectivity index (χ1v) is 10.1. The van der Waals surface area contributed by atoms with Gasteiger partial charge in [-0.25, -0.2) is 0 Å². The third kappa shape index (κ3) is 4.27. The van der Waals surface area contributed by atoms with Gasteiger partial charge in [0, 0.05) is 25.8 Å². The van der Waals surface area contributed by atoms with Crippen molar-refractivity contribution in [2.45, 2.75) is 19.4 Å². The number of carbonyl (C=O) groups excluding carboxylic acids is 2. The zero-order chi connectivity index (χ0) is 23.4. The predicted molar refractivity (Wildman–Crippen MR) is 118 cm³/mol. The number of aliphatic hydroxyl groups excluding tert-OH is 1. The minimum absolute atomic E-state index is 0.0234. The Hall–Kier alpha value is -3.52. The lowest BCUT2D eigenvalue weighted by Gasteiger charge is -2.25. The summed E-state index contributed by atoms with van der Waals surface area (Å²) in [5.41, 5.74) is 1.68. The van der Waals surface area contributed by atoms with Gasteiger partial charge in [0.05, 0.1) is 25.8 Å². The Morgan fingerprint density at radius 3 is 2.38 bits per heavy atom. The van der Waals surface area contributed by atoms with Gasteiger partial charge in [-0.1, -0.05) is 6.07 Å². The van der Waals surface area contributed by atoms with E-state index >= 15 is 0 Å². The van der Waals surface area contributed by atoms with Crippen LogP contribution in [0.4, 0.5) is 0 Å². The highest BCUT2D eigenvalue weighted by Crippen LogP contribution is 2.42. The van der Waals surface area contributed by atoms with Crippen LogP contribution in [0.25, 0.3) is 5.76 Å². The number of methoxy groups -OCH3 is 3. The SMILES string of the molecule is COCCCN1C(=O)C(=O)/C(=C(/O)c2ccc(OC)c(C)c2)C1c1ccc(O)c(OC)c1. The summed E-state index contributed by atoms with van der Waals surface area (Å²) < 4.78 is 15.6. The number of phenols is 1. The number of benzene rings is 2. The fourth-order valence-corrected chi connectivity index (χ4v) is 3.88. The molecule has 32 heavy (non-hydrogen) atoms. The quantitative estimate of drug-likeness (QED) is 0.281. The van der Waals surface area contributed by atoms with Crippen molar-refractivity contribution in [3.63, 3.8) is 0 Å². The number of rotatable bonds is 8. The lowest BCUT2D eigenvalue weighted by atomic mass is 9.94. The molecule has 1 amide bonds. The first-order valence-electron chi connectivity index (χ1n) is 10.1. The van der Waals surface area contributed by atoms with Crippen LogP contribution >= 0.6 is 0 Å². The van der Waals surface area contributed by atoms with E-state index in [-0.39, 0.29) is 29.4 Å². The van der Waals surface area contributed by atoms with Gasteiger partial charge in [-0.05, 0) is 54.8 Å². The summed E-state index contributed by atoms with van der Waals surface area (Å²) in [7, 11) is 4.52. The minimum atomic E-state index is -0.844. The number of aryl methyl sites for hydroxylation is 1.